The Labute approximate surface area is 122 Å². The van der Waals surface area contributed by atoms with Gasteiger partial charge in [-0.3, -0.25) is 0 Å². The van der Waals surface area contributed by atoms with Crippen LogP contribution >= 0.6 is 0 Å². The summed E-state index contributed by atoms with van der Waals surface area (Å²) in [7, 11) is 0. The van der Waals surface area contributed by atoms with Crippen molar-refractivity contribution < 1.29 is 13.9 Å². The van der Waals surface area contributed by atoms with Crippen LogP contribution in [-0.4, -0.2) is 5.11 Å². The van der Waals surface area contributed by atoms with Gasteiger partial charge in [-0.15, -0.1) is 0 Å². The Hall–Kier alpha value is -2.13. The lowest BCUT2D eigenvalue weighted by Crippen LogP contribution is -1.99. The molecule has 1 heterocycles. The van der Waals surface area contributed by atoms with E-state index in [1.807, 2.05) is 12.1 Å². The maximum atomic E-state index is 13.2. The molecular formula is C18H17FO2. The third-order valence-electron chi connectivity index (χ3n) is 3.77. The van der Waals surface area contributed by atoms with Gasteiger partial charge in [-0.25, -0.2) is 4.39 Å². The van der Waals surface area contributed by atoms with E-state index in [9.17, 15) is 9.50 Å². The second kappa shape index (κ2) is 5.70. The monoisotopic (exact) mass is 284 g/mol. The fourth-order valence-electron chi connectivity index (χ4n) is 2.52. The van der Waals surface area contributed by atoms with Gasteiger partial charge in [-0.2, -0.15) is 0 Å². The SMILES string of the molecule is Cc1ccccc1CCC(O)c1cc2cc(F)ccc2o1. The number of halogens is 1. The highest BCUT2D eigenvalue weighted by molar-refractivity contribution is 5.77. The predicted octanol–water partition coefficient (Wildman–Crippen LogP) is 4.55. The molecule has 1 atom stereocenters. The molecule has 0 fully saturated rings. The second-order valence-corrected chi connectivity index (χ2v) is 5.31. The molecule has 1 aromatic heterocycles. The summed E-state index contributed by atoms with van der Waals surface area (Å²) in [6, 6.07) is 14.2. The summed E-state index contributed by atoms with van der Waals surface area (Å²) in [6.07, 6.45) is 0.673. The van der Waals surface area contributed by atoms with Crippen molar-refractivity contribution in [3.8, 4) is 0 Å². The molecule has 3 aromatic rings. The molecule has 0 aliphatic rings. The molecule has 21 heavy (non-hydrogen) atoms. The molecule has 3 heteroatoms. The standard InChI is InChI=1S/C18H17FO2/c1-12-4-2-3-5-13(12)6-8-16(20)18-11-14-10-15(19)7-9-17(14)21-18/h2-5,7,9-11,16,20H,6,8H2,1H3. The van der Waals surface area contributed by atoms with Crippen molar-refractivity contribution in [3.63, 3.8) is 0 Å². The van der Waals surface area contributed by atoms with E-state index >= 15 is 0 Å². The van der Waals surface area contributed by atoms with Crippen molar-refractivity contribution in [2.75, 3.05) is 0 Å². The molecule has 0 bridgehead atoms. The van der Waals surface area contributed by atoms with Crippen molar-refractivity contribution in [3.05, 3.63) is 71.2 Å². The number of fused-ring (bicyclic) bond motifs is 1. The Morgan fingerprint density at radius 3 is 2.76 bits per heavy atom. The molecule has 1 N–H and O–H groups in total. The lowest BCUT2D eigenvalue weighted by atomic mass is 10.0. The number of aliphatic hydroxyl groups excluding tert-OH is 1. The molecule has 3 rings (SSSR count). The smallest absolute Gasteiger partial charge is 0.134 e. The first kappa shape index (κ1) is 13.8. The molecule has 0 aliphatic carbocycles. The number of hydrogen-bond acceptors (Lipinski definition) is 2. The highest BCUT2D eigenvalue weighted by Gasteiger charge is 2.14. The predicted molar refractivity (Wildman–Crippen MR) is 80.6 cm³/mol. The van der Waals surface area contributed by atoms with Crippen LogP contribution in [0.15, 0.2) is 52.9 Å². The van der Waals surface area contributed by atoms with E-state index in [4.69, 9.17) is 4.42 Å². The Bertz CT molecular complexity index is 761. The third-order valence-corrected chi connectivity index (χ3v) is 3.77. The fourth-order valence-corrected chi connectivity index (χ4v) is 2.52. The first-order chi connectivity index (χ1) is 10.1. The summed E-state index contributed by atoms with van der Waals surface area (Å²) >= 11 is 0. The van der Waals surface area contributed by atoms with Crippen LogP contribution in [0, 0.1) is 12.7 Å². The van der Waals surface area contributed by atoms with Crippen LogP contribution in [0.25, 0.3) is 11.0 Å². The van der Waals surface area contributed by atoms with E-state index in [0.717, 1.165) is 6.42 Å². The zero-order valence-electron chi connectivity index (χ0n) is 11.8. The van der Waals surface area contributed by atoms with E-state index in [2.05, 4.69) is 19.1 Å². The van der Waals surface area contributed by atoms with Gasteiger partial charge in [-0.05, 0) is 55.2 Å². The number of aliphatic hydroxyl groups is 1. The van der Waals surface area contributed by atoms with Gasteiger partial charge >= 0.3 is 0 Å². The van der Waals surface area contributed by atoms with Crippen LogP contribution in [0.5, 0.6) is 0 Å². The molecule has 108 valence electrons. The summed E-state index contributed by atoms with van der Waals surface area (Å²) in [5.41, 5.74) is 3.04. The Kier molecular flexibility index (Phi) is 3.76. The van der Waals surface area contributed by atoms with Crippen molar-refractivity contribution in [1.29, 1.82) is 0 Å². The van der Waals surface area contributed by atoms with Crippen LogP contribution in [0.4, 0.5) is 4.39 Å². The molecular weight excluding hydrogens is 267 g/mol. The summed E-state index contributed by atoms with van der Waals surface area (Å²) < 4.78 is 18.7. The van der Waals surface area contributed by atoms with Gasteiger partial charge in [0.15, 0.2) is 0 Å². The van der Waals surface area contributed by atoms with Gasteiger partial charge in [0.05, 0.1) is 0 Å². The van der Waals surface area contributed by atoms with Gasteiger partial charge in [0.2, 0.25) is 0 Å². The first-order valence-electron chi connectivity index (χ1n) is 7.05. The normalized spacial score (nSPS) is 12.7. The highest BCUT2D eigenvalue weighted by Crippen LogP contribution is 2.27. The summed E-state index contributed by atoms with van der Waals surface area (Å²) in [6.45, 7) is 2.06. The van der Waals surface area contributed by atoms with E-state index in [0.29, 0.717) is 23.2 Å². The maximum Gasteiger partial charge on any atom is 0.134 e. The molecule has 0 amide bonds. The molecule has 2 nitrogen and oxygen atoms in total. The molecule has 0 aliphatic heterocycles. The fraction of sp³-hybridized carbons (Fsp3) is 0.222. The van der Waals surface area contributed by atoms with Crippen LogP contribution in [0.3, 0.4) is 0 Å². The van der Waals surface area contributed by atoms with E-state index < -0.39 is 6.10 Å². The lowest BCUT2D eigenvalue weighted by molar-refractivity contribution is 0.143. The van der Waals surface area contributed by atoms with E-state index in [1.165, 1.54) is 23.3 Å². The average molecular weight is 284 g/mol. The average Bonchev–Trinajstić information content (AvgIpc) is 2.89. The summed E-state index contributed by atoms with van der Waals surface area (Å²) in [5, 5.41) is 10.9. The van der Waals surface area contributed by atoms with Crippen molar-refractivity contribution in [1.82, 2.24) is 0 Å². The topological polar surface area (TPSA) is 33.4 Å². The third kappa shape index (κ3) is 2.98. The zero-order valence-corrected chi connectivity index (χ0v) is 11.8. The molecule has 0 spiro atoms. The van der Waals surface area contributed by atoms with Crippen molar-refractivity contribution in [2.45, 2.75) is 25.9 Å². The highest BCUT2D eigenvalue weighted by atomic mass is 19.1. The largest absolute Gasteiger partial charge is 0.458 e. The number of aryl methyl sites for hydroxylation is 2. The van der Waals surface area contributed by atoms with Crippen LogP contribution in [-0.2, 0) is 6.42 Å². The minimum atomic E-state index is -0.680. The summed E-state index contributed by atoms with van der Waals surface area (Å²) in [5.74, 6) is 0.188. The molecule has 0 saturated heterocycles. The number of hydrogen-bond donors (Lipinski definition) is 1. The molecule has 2 aromatic carbocycles. The van der Waals surface area contributed by atoms with Crippen molar-refractivity contribution >= 4 is 11.0 Å². The quantitative estimate of drug-likeness (QED) is 0.762. The number of furan rings is 1. The Morgan fingerprint density at radius 2 is 1.95 bits per heavy atom. The van der Waals surface area contributed by atoms with Gasteiger partial charge < -0.3 is 9.52 Å². The van der Waals surface area contributed by atoms with Gasteiger partial charge in [0.1, 0.15) is 23.3 Å². The Morgan fingerprint density at radius 1 is 1.14 bits per heavy atom. The minimum Gasteiger partial charge on any atom is -0.458 e. The zero-order chi connectivity index (χ0) is 14.8. The van der Waals surface area contributed by atoms with Crippen LogP contribution in [0.2, 0.25) is 0 Å². The van der Waals surface area contributed by atoms with Gasteiger partial charge in [-0.1, -0.05) is 24.3 Å². The van der Waals surface area contributed by atoms with E-state index in [-0.39, 0.29) is 5.82 Å². The lowest BCUT2D eigenvalue weighted by Gasteiger charge is -2.09. The first-order valence-corrected chi connectivity index (χ1v) is 7.05. The molecule has 0 radical (unpaired) electrons. The van der Waals surface area contributed by atoms with Crippen LogP contribution < -0.4 is 0 Å². The second-order valence-electron chi connectivity index (χ2n) is 5.31. The Balaban J connectivity index is 1.75. The molecule has 0 saturated carbocycles. The number of rotatable bonds is 4. The minimum absolute atomic E-state index is 0.302. The van der Waals surface area contributed by atoms with Crippen molar-refractivity contribution in [2.24, 2.45) is 0 Å². The van der Waals surface area contributed by atoms with E-state index in [1.54, 1.807) is 12.1 Å². The van der Waals surface area contributed by atoms with Gasteiger partial charge in [0.25, 0.3) is 0 Å². The summed E-state index contributed by atoms with van der Waals surface area (Å²) in [4.78, 5) is 0. The maximum absolute atomic E-state index is 13.2. The number of benzene rings is 2. The van der Waals surface area contributed by atoms with Crippen LogP contribution in [0.1, 0.15) is 29.4 Å². The van der Waals surface area contributed by atoms with Gasteiger partial charge in [0, 0.05) is 5.39 Å². The molecule has 1 unspecified atom stereocenters.